The van der Waals surface area contributed by atoms with Crippen LogP contribution in [-0.2, 0) is 11.3 Å². The van der Waals surface area contributed by atoms with E-state index in [1.807, 2.05) is 36.9 Å². The zero-order valence-electron chi connectivity index (χ0n) is 22.1. The van der Waals surface area contributed by atoms with Crippen molar-refractivity contribution in [3.63, 3.8) is 0 Å². The van der Waals surface area contributed by atoms with Gasteiger partial charge in [-0.15, -0.1) is 0 Å². The van der Waals surface area contributed by atoms with Crippen molar-refractivity contribution in [2.45, 2.75) is 64.2 Å². The third kappa shape index (κ3) is 4.89. The number of nitrogens with one attached hydrogen (secondary N) is 4. The average molecular weight is 520 g/mol. The SMILES string of the molecule is CC(C)n1nccc1C(=O)NC(C(=O)Nc1ccc2c(c1)CNCC2N1CCNC1=O)C(C1CC1)C1CC1. The van der Waals surface area contributed by atoms with E-state index >= 15 is 0 Å². The fourth-order valence-corrected chi connectivity index (χ4v) is 6.25. The summed E-state index contributed by atoms with van der Waals surface area (Å²) in [6.07, 6.45) is 6.08. The molecule has 1 aromatic heterocycles. The molecule has 202 valence electrons. The van der Waals surface area contributed by atoms with Gasteiger partial charge in [0.2, 0.25) is 5.91 Å². The van der Waals surface area contributed by atoms with Crippen LogP contribution in [0.4, 0.5) is 10.5 Å². The average Bonchev–Trinajstić information content (AvgIpc) is 3.82. The summed E-state index contributed by atoms with van der Waals surface area (Å²) in [4.78, 5) is 41.3. The Morgan fingerprint density at radius 3 is 2.53 bits per heavy atom. The number of anilines is 1. The topological polar surface area (TPSA) is 120 Å². The van der Waals surface area contributed by atoms with Crippen LogP contribution in [0.2, 0.25) is 0 Å². The highest BCUT2D eigenvalue weighted by Crippen LogP contribution is 2.51. The minimum atomic E-state index is -0.604. The van der Waals surface area contributed by atoms with Crippen LogP contribution in [0.5, 0.6) is 0 Å². The van der Waals surface area contributed by atoms with Gasteiger partial charge >= 0.3 is 6.03 Å². The van der Waals surface area contributed by atoms with E-state index < -0.39 is 6.04 Å². The zero-order valence-corrected chi connectivity index (χ0v) is 22.1. The van der Waals surface area contributed by atoms with Crippen molar-refractivity contribution in [1.29, 1.82) is 0 Å². The standard InChI is InChI=1S/C28H37N7O3/c1-16(2)35-22(9-10-31-35)26(36)33-25(24(17-3-4-17)18-5-6-18)27(37)32-20-7-8-21-19(13-20)14-29-15-23(21)34-12-11-30-28(34)38/h7-10,13,16-18,23-25,29H,3-6,11-12,14-15H2,1-2H3,(H,30,38)(H,32,37)(H,33,36). The van der Waals surface area contributed by atoms with E-state index in [1.165, 1.54) is 0 Å². The number of carbonyl (C=O) groups is 3. The lowest BCUT2D eigenvalue weighted by molar-refractivity contribution is -0.119. The van der Waals surface area contributed by atoms with Gasteiger partial charge in [0.25, 0.3) is 5.91 Å². The molecule has 0 radical (unpaired) electrons. The summed E-state index contributed by atoms with van der Waals surface area (Å²) < 4.78 is 1.70. The van der Waals surface area contributed by atoms with E-state index in [9.17, 15) is 14.4 Å². The van der Waals surface area contributed by atoms with Gasteiger partial charge in [-0.05, 0) is 86.6 Å². The van der Waals surface area contributed by atoms with Crippen LogP contribution in [0.3, 0.4) is 0 Å². The fraction of sp³-hybridized carbons (Fsp3) is 0.571. The van der Waals surface area contributed by atoms with Crippen LogP contribution in [0, 0.1) is 17.8 Å². The Morgan fingerprint density at radius 2 is 1.87 bits per heavy atom. The van der Waals surface area contributed by atoms with Gasteiger partial charge in [0, 0.05) is 44.1 Å². The predicted molar refractivity (Wildman–Crippen MR) is 142 cm³/mol. The molecule has 2 atom stereocenters. The smallest absolute Gasteiger partial charge is 0.318 e. The van der Waals surface area contributed by atoms with E-state index in [1.54, 1.807) is 16.9 Å². The normalized spacial score (nSPS) is 21.8. The second-order valence-corrected chi connectivity index (χ2v) is 11.4. The lowest BCUT2D eigenvalue weighted by Crippen LogP contribution is -2.50. The number of fused-ring (bicyclic) bond motifs is 1. The number of hydrogen-bond donors (Lipinski definition) is 4. The van der Waals surface area contributed by atoms with Crippen LogP contribution >= 0.6 is 0 Å². The number of rotatable bonds is 9. The first-order valence-electron chi connectivity index (χ1n) is 13.9. The van der Waals surface area contributed by atoms with Gasteiger partial charge < -0.3 is 26.2 Å². The molecule has 2 saturated carbocycles. The first kappa shape index (κ1) is 24.9. The summed E-state index contributed by atoms with van der Waals surface area (Å²) in [5, 5.41) is 16.8. The molecule has 2 aromatic rings. The first-order chi connectivity index (χ1) is 18.4. The van der Waals surface area contributed by atoms with E-state index in [4.69, 9.17) is 0 Å². The molecule has 38 heavy (non-hydrogen) atoms. The van der Waals surface area contributed by atoms with Crippen molar-refractivity contribution in [2.75, 3.05) is 25.0 Å². The second-order valence-electron chi connectivity index (χ2n) is 11.4. The largest absolute Gasteiger partial charge is 0.339 e. The molecule has 0 bridgehead atoms. The maximum absolute atomic E-state index is 13.8. The number of amides is 4. The van der Waals surface area contributed by atoms with Gasteiger partial charge in [0.05, 0.1) is 6.04 Å². The van der Waals surface area contributed by atoms with Gasteiger partial charge in [0.15, 0.2) is 0 Å². The molecule has 3 fully saturated rings. The molecule has 1 aromatic carbocycles. The predicted octanol–water partition coefficient (Wildman–Crippen LogP) is 2.81. The lowest BCUT2D eigenvalue weighted by Gasteiger charge is -2.33. The van der Waals surface area contributed by atoms with Crippen molar-refractivity contribution in [3.8, 4) is 0 Å². The highest BCUT2D eigenvalue weighted by Gasteiger charge is 2.48. The number of urea groups is 1. The van der Waals surface area contributed by atoms with Crippen LogP contribution in [0.15, 0.2) is 30.5 Å². The van der Waals surface area contributed by atoms with Crippen LogP contribution < -0.4 is 21.3 Å². The summed E-state index contributed by atoms with van der Waals surface area (Å²) in [5.41, 5.74) is 3.36. The van der Waals surface area contributed by atoms with E-state index in [0.29, 0.717) is 49.4 Å². The van der Waals surface area contributed by atoms with Gasteiger partial charge in [-0.1, -0.05) is 6.07 Å². The van der Waals surface area contributed by atoms with Crippen molar-refractivity contribution in [2.24, 2.45) is 17.8 Å². The molecule has 10 heteroatoms. The van der Waals surface area contributed by atoms with E-state index in [-0.39, 0.29) is 35.8 Å². The van der Waals surface area contributed by atoms with Crippen molar-refractivity contribution >= 4 is 23.5 Å². The summed E-state index contributed by atoms with van der Waals surface area (Å²) in [5.74, 6) is 0.676. The first-order valence-corrected chi connectivity index (χ1v) is 13.9. The van der Waals surface area contributed by atoms with Crippen LogP contribution in [0.1, 0.15) is 73.2 Å². The molecule has 1 saturated heterocycles. The Labute approximate surface area is 222 Å². The molecule has 10 nitrogen and oxygen atoms in total. The van der Waals surface area contributed by atoms with E-state index in [2.05, 4.69) is 26.4 Å². The van der Waals surface area contributed by atoms with Gasteiger partial charge in [0.1, 0.15) is 11.7 Å². The third-order valence-corrected chi connectivity index (χ3v) is 8.37. The molecule has 4 N–H and O–H groups in total. The molecule has 6 rings (SSSR count). The molecule has 2 unspecified atom stereocenters. The highest BCUT2D eigenvalue weighted by molar-refractivity contribution is 6.01. The highest BCUT2D eigenvalue weighted by atomic mass is 16.2. The molecule has 2 aliphatic carbocycles. The molecule has 4 aliphatic rings. The number of hydrogen-bond acceptors (Lipinski definition) is 5. The van der Waals surface area contributed by atoms with Crippen LogP contribution in [0.25, 0.3) is 0 Å². The quantitative estimate of drug-likeness (QED) is 0.406. The number of nitrogens with zero attached hydrogens (tertiary/aromatic N) is 3. The summed E-state index contributed by atoms with van der Waals surface area (Å²) >= 11 is 0. The fourth-order valence-electron chi connectivity index (χ4n) is 6.25. The molecule has 3 heterocycles. The maximum atomic E-state index is 13.8. The van der Waals surface area contributed by atoms with Crippen molar-refractivity contribution in [1.82, 2.24) is 30.6 Å². The summed E-state index contributed by atoms with van der Waals surface area (Å²) in [7, 11) is 0. The Bertz CT molecular complexity index is 1220. The van der Waals surface area contributed by atoms with Crippen molar-refractivity contribution in [3.05, 3.63) is 47.3 Å². The minimum Gasteiger partial charge on any atom is -0.339 e. The number of carbonyl (C=O) groups excluding carboxylic acids is 3. The van der Waals surface area contributed by atoms with Gasteiger partial charge in [-0.3, -0.25) is 14.3 Å². The lowest BCUT2D eigenvalue weighted by atomic mass is 9.88. The number of benzene rings is 1. The van der Waals surface area contributed by atoms with Gasteiger partial charge in [-0.2, -0.15) is 5.10 Å². The summed E-state index contributed by atoms with van der Waals surface area (Å²) in [6, 6.07) is 7.02. The Morgan fingerprint density at radius 1 is 1.11 bits per heavy atom. The second kappa shape index (κ2) is 10.1. The molecule has 2 aliphatic heterocycles. The minimum absolute atomic E-state index is 0.0297. The van der Waals surface area contributed by atoms with Crippen molar-refractivity contribution < 1.29 is 14.4 Å². The third-order valence-electron chi connectivity index (χ3n) is 8.37. The summed E-state index contributed by atoms with van der Waals surface area (Å²) in [6.45, 7) is 6.69. The van der Waals surface area contributed by atoms with Gasteiger partial charge in [-0.25, -0.2) is 4.79 Å². The van der Waals surface area contributed by atoms with Crippen LogP contribution in [-0.4, -0.2) is 58.2 Å². The monoisotopic (exact) mass is 519 g/mol. The Balaban J connectivity index is 1.22. The maximum Gasteiger partial charge on any atom is 0.318 e. The Kier molecular flexibility index (Phi) is 6.59. The molecular formula is C28H37N7O3. The Hall–Kier alpha value is -3.40. The molecular weight excluding hydrogens is 482 g/mol. The number of aromatic nitrogens is 2. The molecule has 4 amide bonds. The molecule has 0 spiro atoms. The van der Waals surface area contributed by atoms with E-state index in [0.717, 1.165) is 36.8 Å². The zero-order chi connectivity index (χ0) is 26.4.